The van der Waals surface area contributed by atoms with Gasteiger partial charge in [-0.3, -0.25) is 4.79 Å². The maximum Gasteiger partial charge on any atom is 0.326 e. The number of amides is 2. The van der Waals surface area contributed by atoms with Crippen molar-refractivity contribution in [1.29, 1.82) is 0 Å². The van der Waals surface area contributed by atoms with Gasteiger partial charge >= 0.3 is 18.0 Å². The van der Waals surface area contributed by atoms with Gasteiger partial charge in [-0.25, -0.2) is 9.59 Å². The van der Waals surface area contributed by atoms with Gasteiger partial charge in [0, 0.05) is 6.54 Å². The molecule has 1 aliphatic heterocycles. The van der Waals surface area contributed by atoms with Crippen LogP contribution in [0.5, 0.6) is 0 Å². The van der Waals surface area contributed by atoms with E-state index in [2.05, 4.69) is 22.5 Å². The predicted octanol–water partition coefficient (Wildman–Crippen LogP) is -0.0546. The molecule has 21 heavy (non-hydrogen) atoms. The molecule has 2 amide bonds. The lowest BCUT2D eigenvalue weighted by molar-refractivity contribution is -0.145. The first kappa shape index (κ1) is 17.2. The summed E-state index contributed by atoms with van der Waals surface area (Å²) >= 11 is 0. The molecular weight excluding hydrogens is 278 g/mol. The number of hydrogen-bond acceptors (Lipinski definition) is 4. The molecule has 1 unspecified atom stereocenters. The first-order valence-corrected chi connectivity index (χ1v) is 7.13. The van der Waals surface area contributed by atoms with Crippen LogP contribution in [-0.2, 0) is 9.59 Å². The highest BCUT2D eigenvalue weighted by atomic mass is 16.4. The molecule has 8 heteroatoms. The van der Waals surface area contributed by atoms with Crippen molar-refractivity contribution in [2.75, 3.05) is 26.2 Å². The van der Waals surface area contributed by atoms with Crippen molar-refractivity contribution in [1.82, 2.24) is 15.5 Å². The maximum absolute atomic E-state index is 11.6. The summed E-state index contributed by atoms with van der Waals surface area (Å²) in [5.74, 6) is -2.25. The highest BCUT2D eigenvalue weighted by molar-refractivity contribution is 5.86. The SMILES string of the molecule is CCN1CCC(CNC(=O)NC(CC(=O)O)C(=O)O)CC1. The number of likely N-dealkylation sites (tertiary alicyclic amines) is 1. The molecule has 0 aromatic rings. The summed E-state index contributed by atoms with van der Waals surface area (Å²) in [7, 11) is 0. The molecule has 120 valence electrons. The normalized spacial score (nSPS) is 18.0. The number of nitrogens with zero attached hydrogens (tertiary/aromatic N) is 1. The third-order valence-electron chi connectivity index (χ3n) is 3.69. The highest BCUT2D eigenvalue weighted by Crippen LogP contribution is 2.15. The second-order valence-electron chi connectivity index (χ2n) is 5.22. The quantitative estimate of drug-likeness (QED) is 0.523. The molecule has 1 atom stereocenters. The van der Waals surface area contributed by atoms with Crippen LogP contribution in [0.4, 0.5) is 4.79 Å². The van der Waals surface area contributed by atoms with Gasteiger partial charge in [0.1, 0.15) is 6.04 Å². The van der Waals surface area contributed by atoms with E-state index in [1.165, 1.54) is 0 Å². The Balaban J connectivity index is 2.30. The monoisotopic (exact) mass is 301 g/mol. The molecule has 8 nitrogen and oxygen atoms in total. The molecule has 1 heterocycles. The van der Waals surface area contributed by atoms with Gasteiger partial charge in [-0.05, 0) is 38.4 Å². The Morgan fingerprint density at radius 1 is 1.24 bits per heavy atom. The largest absolute Gasteiger partial charge is 0.481 e. The lowest BCUT2D eigenvalue weighted by Gasteiger charge is -2.31. The van der Waals surface area contributed by atoms with Crippen molar-refractivity contribution >= 4 is 18.0 Å². The van der Waals surface area contributed by atoms with Gasteiger partial charge in [0.15, 0.2) is 0 Å². The Labute approximate surface area is 123 Å². The molecule has 1 saturated heterocycles. The smallest absolute Gasteiger partial charge is 0.326 e. The van der Waals surface area contributed by atoms with Crippen LogP contribution in [0.2, 0.25) is 0 Å². The fourth-order valence-corrected chi connectivity index (χ4v) is 2.33. The van der Waals surface area contributed by atoms with Crippen LogP contribution in [0.1, 0.15) is 26.2 Å². The standard InChI is InChI=1S/C13H23N3O5/c1-2-16-5-3-9(4-6-16)8-14-13(21)15-10(12(19)20)7-11(17)18/h9-10H,2-8H2,1H3,(H,17,18)(H,19,20)(H2,14,15,21). The van der Waals surface area contributed by atoms with E-state index in [9.17, 15) is 14.4 Å². The van der Waals surface area contributed by atoms with Gasteiger partial charge in [-0.2, -0.15) is 0 Å². The van der Waals surface area contributed by atoms with Crippen molar-refractivity contribution in [3.63, 3.8) is 0 Å². The van der Waals surface area contributed by atoms with Crippen LogP contribution in [0.15, 0.2) is 0 Å². The number of carbonyl (C=O) groups is 3. The number of carboxylic acid groups (broad SMARTS) is 2. The zero-order valence-electron chi connectivity index (χ0n) is 12.2. The average molecular weight is 301 g/mol. The minimum Gasteiger partial charge on any atom is -0.481 e. The fraction of sp³-hybridized carbons (Fsp3) is 0.769. The zero-order chi connectivity index (χ0) is 15.8. The summed E-state index contributed by atoms with van der Waals surface area (Å²) < 4.78 is 0. The second kappa shape index (κ2) is 8.46. The molecule has 1 fully saturated rings. The third kappa shape index (κ3) is 6.44. The van der Waals surface area contributed by atoms with Crippen LogP contribution >= 0.6 is 0 Å². The fourth-order valence-electron chi connectivity index (χ4n) is 2.33. The van der Waals surface area contributed by atoms with Crippen molar-refractivity contribution in [2.45, 2.75) is 32.2 Å². The predicted molar refractivity (Wildman–Crippen MR) is 75.0 cm³/mol. The van der Waals surface area contributed by atoms with E-state index in [0.29, 0.717) is 12.5 Å². The maximum atomic E-state index is 11.6. The van der Waals surface area contributed by atoms with Crippen molar-refractivity contribution < 1.29 is 24.6 Å². The van der Waals surface area contributed by atoms with Crippen LogP contribution in [0.25, 0.3) is 0 Å². The van der Waals surface area contributed by atoms with Gasteiger partial charge in [0.2, 0.25) is 0 Å². The molecule has 0 aliphatic carbocycles. The lowest BCUT2D eigenvalue weighted by atomic mass is 9.97. The van der Waals surface area contributed by atoms with Crippen molar-refractivity contribution in [3.8, 4) is 0 Å². The minimum absolute atomic E-state index is 0.376. The molecule has 0 saturated carbocycles. The molecule has 0 bridgehead atoms. The summed E-state index contributed by atoms with van der Waals surface area (Å²) in [6.45, 7) is 5.61. The first-order valence-electron chi connectivity index (χ1n) is 7.13. The van der Waals surface area contributed by atoms with Crippen LogP contribution in [0, 0.1) is 5.92 Å². The number of urea groups is 1. The minimum atomic E-state index is -1.41. The van der Waals surface area contributed by atoms with E-state index >= 15 is 0 Å². The number of aliphatic carboxylic acids is 2. The molecule has 0 aromatic heterocycles. The van der Waals surface area contributed by atoms with E-state index in [4.69, 9.17) is 10.2 Å². The van der Waals surface area contributed by atoms with E-state index in [1.807, 2.05) is 0 Å². The summed E-state index contributed by atoms with van der Waals surface area (Å²) in [5.41, 5.74) is 0. The molecule has 0 aromatic carbocycles. The van der Waals surface area contributed by atoms with E-state index in [1.54, 1.807) is 0 Å². The summed E-state index contributed by atoms with van der Waals surface area (Å²) in [4.78, 5) is 35.3. The number of carbonyl (C=O) groups excluding carboxylic acids is 1. The summed E-state index contributed by atoms with van der Waals surface area (Å²) in [6, 6.07) is -2.05. The molecule has 1 aliphatic rings. The van der Waals surface area contributed by atoms with Gasteiger partial charge in [-0.1, -0.05) is 6.92 Å². The number of piperidine rings is 1. The Hall–Kier alpha value is -1.83. The average Bonchev–Trinajstić information content (AvgIpc) is 2.44. The molecule has 0 radical (unpaired) electrons. The van der Waals surface area contributed by atoms with Crippen molar-refractivity contribution in [2.24, 2.45) is 5.92 Å². The number of carboxylic acids is 2. The van der Waals surface area contributed by atoms with E-state index < -0.39 is 30.4 Å². The van der Waals surface area contributed by atoms with Crippen LogP contribution in [-0.4, -0.2) is 65.3 Å². The van der Waals surface area contributed by atoms with Gasteiger partial charge in [0.25, 0.3) is 0 Å². The summed E-state index contributed by atoms with van der Waals surface area (Å²) in [5, 5.41) is 22.2. The van der Waals surface area contributed by atoms with E-state index in [-0.39, 0.29) is 0 Å². The lowest BCUT2D eigenvalue weighted by Crippen LogP contribution is -2.48. The molecular formula is C13H23N3O5. The van der Waals surface area contributed by atoms with Crippen LogP contribution in [0.3, 0.4) is 0 Å². The molecule has 1 rings (SSSR count). The summed E-state index contributed by atoms with van der Waals surface area (Å²) in [6.07, 6.45) is 1.34. The van der Waals surface area contributed by atoms with E-state index in [0.717, 1.165) is 32.5 Å². The van der Waals surface area contributed by atoms with Crippen molar-refractivity contribution in [3.05, 3.63) is 0 Å². The van der Waals surface area contributed by atoms with Gasteiger partial charge < -0.3 is 25.7 Å². The Morgan fingerprint density at radius 3 is 2.33 bits per heavy atom. The first-order chi connectivity index (χ1) is 9.92. The van der Waals surface area contributed by atoms with Crippen LogP contribution < -0.4 is 10.6 Å². The second-order valence-corrected chi connectivity index (χ2v) is 5.22. The number of nitrogens with one attached hydrogen (secondary N) is 2. The van der Waals surface area contributed by atoms with Gasteiger partial charge in [0.05, 0.1) is 6.42 Å². The number of hydrogen-bond donors (Lipinski definition) is 4. The molecule has 0 spiro atoms. The Bertz CT molecular complexity index is 380. The number of rotatable bonds is 7. The third-order valence-corrected chi connectivity index (χ3v) is 3.69. The Morgan fingerprint density at radius 2 is 1.86 bits per heavy atom. The molecule has 4 N–H and O–H groups in total. The topological polar surface area (TPSA) is 119 Å². The van der Waals surface area contributed by atoms with Gasteiger partial charge in [-0.15, -0.1) is 0 Å². The Kier molecular flexibility index (Phi) is 6.93. The zero-order valence-corrected chi connectivity index (χ0v) is 12.2. The highest BCUT2D eigenvalue weighted by Gasteiger charge is 2.24.